The van der Waals surface area contributed by atoms with Crippen LogP contribution in [-0.2, 0) is 16.1 Å². The zero-order valence-electron chi connectivity index (χ0n) is 15.2. The Labute approximate surface area is 160 Å². The first-order valence-corrected chi connectivity index (χ1v) is 9.48. The van der Waals surface area contributed by atoms with Gasteiger partial charge in [0.25, 0.3) is 0 Å². The largest absolute Gasteiger partial charge is 0.355 e. The molecule has 3 aromatic rings. The van der Waals surface area contributed by atoms with E-state index in [1.54, 1.807) is 11.2 Å². The molecule has 1 unspecified atom stereocenters. The van der Waals surface area contributed by atoms with E-state index in [0.29, 0.717) is 31.3 Å². The average molecular weight is 380 g/mol. The van der Waals surface area contributed by atoms with Crippen LogP contribution >= 0.6 is 0 Å². The maximum absolute atomic E-state index is 12.6. The van der Waals surface area contributed by atoms with Crippen molar-refractivity contribution in [3.63, 3.8) is 0 Å². The number of rotatable bonds is 4. The minimum atomic E-state index is -0.335. The molecule has 28 heavy (non-hydrogen) atoms. The molecule has 2 aromatic heterocycles. The second kappa shape index (κ2) is 6.74. The van der Waals surface area contributed by atoms with Crippen LogP contribution in [0, 0.1) is 0 Å². The lowest BCUT2D eigenvalue weighted by molar-refractivity contribution is -0.136. The van der Waals surface area contributed by atoms with Crippen LogP contribution in [0.15, 0.2) is 35.1 Å². The van der Waals surface area contributed by atoms with Crippen LogP contribution in [0.5, 0.6) is 0 Å². The number of fused-ring (bicyclic) bond motifs is 1. The molecule has 2 aliphatic rings. The maximum Gasteiger partial charge on any atom is 0.242 e. The Bertz CT molecular complexity index is 1040. The predicted molar refractivity (Wildman–Crippen MR) is 98.3 cm³/mol. The van der Waals surface area contributed by atoms with Crippen molar-refractivity contribution in [2.75, 3.05) is 19.6 Å². The van der Waals surface area contributed by atoms with E-state index in [2.05, 4.69) is 20.4 Å². The molecule has 0 saturated carbocycles. The van der Waals surface area contributed by atoms with Crippen molar-refractivity contribution in [3.05, 3.63) is 42.3 Å². The molecule has 2 fully saturated rings. The van der Waals surface area contributed by atoms with Crippen molar-refractivity contribution in [1.82, 2.24) is 29.9 Å². The Balaban J connectivity index is 1.20. The Kier molecular flexibility index (Phi) is 4.07. The first-order chi connectivity index (χ1) is 13.7. The van der Waals surface area contributed by atoms with Gasteiger partial charge in [-0.05, 0) is 25.0 Å². The minimum absolute atomic E-state index is 0.0244. The molecule has 4 heterocycles. The van der Waals surface area contributed by atoms with Crippen molar-refractivity contribution < 1.29 is 14.1 Å². The van der Waals surface area contributed by atoms with Crippen LogP contribution in [0.3, 0.4) is 0 Å². The quantitative estimate of drug-likeness (QED) is 0.725. The van der Waals surface area contributed by atoms with Crippen molar-refractivity contribution in [1.29, 1.82) is 0 Å². The number of aromatic nitrogens is 4. The number of amides is 2. The molecule has 144 valence electrons. The summed E-state index contributed by atoms with van der Waals surface area (Å²) in [5.74, 6) is 0.629. The van der Waals surface area contributed by atoms with Gasteiger partial charge in [0.05, 0.1) is 23.3 Å². The molecule has 0 aliphatic carbocycles. The molecular weight excluding hydrogens is 360 g/mol. The van der Waals surface area contributed by atoms with Gasteiger partial charge in [0.15, 0.2) is 5.82 Å². The smallest absolute Gasteiger partial charge is 0.242 e. The SMILES string of the molecule is O=C1NCCCC1c1noc(C2CN(C(=O)Cn3cnc4ccccc43)C2)n1. The highest BCUT2D eigenvalue weighted by Crippen LogP contribution is 2.29. The summed E-state index contributed by atoms with van der Waals surface area (Å²) in [7, 11) is 0. The number of nitrogens with one attached hydrogen (secondary N) is 1. The molecular formula is C19H20N6O3. The third kappa shape index (κ3) is 2.92. The van der Waals surface area contributed by atoms with E-state index in [1.165, 1.54) is 0 Å². The number of benzene rings is 1. The van der Waals surface area contributed by atoms with Crippen molar-refractivity contribution >= 4 is 22.8 Å². The van der Waals surface area contributed by atoms with Gasteiger partial charge in [-0.1, -0.05) is 17.3 Å². The Morgan fingerprint density at radius 1 is 1.29 bits per heavy atom. The molecule has 9 heteroatoms. The maximum atomic E-state index is 12.6. The summed E-state index contributed by atoms with van der Waals surface area (Å²) in [5, 5.41) is 6.83. The number of carbonyl (C=O) groups is 2. The van der Waals surface area contributed by atoms with Crippen molar-refractivity contribution in [2.45, 2.75) is 31.2 Å². The highest BCUT2D eigenvalue weighted by molar-refractivity contribution is 5.83. The zero-order valence-corrected chi connectivity index (χ0v) is 15.2. The molecule has 1 aromatic carbocycles. The van der Waals surface area contributed by atoms with E-state index in [9.17, 15) is 9.59 Å². The summed E-state index contributed by atoms with van der Waals surface area (Å²) in [5.41, 5.74) is 1.82. The van der Waals surface area contributed by atoms with E-state index < -0.39 is 0 Å². The third-order valence-corrected chi connectivity index (χ3v) is 5.47. The van der Waals surface area contributed by atoms with Gasteiger partial charge in [-0.2, -0.15) is 4.98 Å². The van der Waals surface area contributed by atoms with Gasteiger partial charge in [0.2, 0.25) is 17.7 Å². The van der Waals surface area contributed by atoms with Gasteiger partial charge in [0, 0.05) is 19.6 Å². The van der Waals surface area contributed by atoms with Crippen LogP contribution in [0.25, 0.3) is 11.0 Å². The van der Waals surface area contributed by atoms with E-state index in [1.807, 2.05) is 28.8 Å². The molecule has 1 N–H and O–H groups in total. The van der Waals surface area contributed by atoms with E-state index in [0.717, 1.165) is 23.9 Å². The number of piperidine rings is 1. The van der Waals surface area contributed by atoms with Gasteiger partial charge in [-0.3, -0.25) is 9.59 Å². The summed E-state index contributed by atoms with van der Waals surface area (Å²) in [6.45, 7) is 2.05. The molecule has 2 amide bonds. The highest BCUT2D eigenvalue weighted by Gasteiger charge is 2.37. The van der Waals surface area contributed by atoms with Gasteiger partial charge in [-0.15, -0.1) is 0 Å². The molecule has 9 nitrogen and oxygen atoms in total. The molecule has 2 saturated heterocycles. The van der Waals surface area contributed by atoms with E-state index in [-0.39, 0.29) is 30.2 Å². The number of hydrogen-bond donors (Lipinski definition) is 1. The summed E-state index contributed by atoms with van der Waals surface area (Å²) in [6.07, 6.45) is 3.34. The summed E-state index contributed by atoms with van der Waals surface area (Å²) in [6, 6.07) is 7.74. The molecule has 0 radical (unpaired) electrons. The summed E-state index contributed by atoms with van der Waals surface area (Å²) >= 11 is 0. The Hall–Kier alpha value is -3.23. The van der Waals surface area contributed by atoms with Crippen LogP contribution in [0.4, 0.5) is 0 Å². The van der Waals surface area contributed by atoms with Crippen molar-refractivity contribution in [3.8, 4) is 0 Å². The van der Waals surface area contributed by atoms with E-state index in [4.69, 9.17) is 4.52 Å². The average Bonchev–Trinajstić information content (AvgIpc) is 3.29. The van der Waals surface area contributed by atoms with Gasteiger partial charge in [-0.25, -0.2) is 4.98 Å². The first-order valence-electron chi connectivity index (χ1n) is 9.48. The van der Waals surface area contributed by atoms with Gasteiger partial charge < -0.3 is 19.3 Å². The number of nitrogens with zero attached hydrogens (tertiary/aromatic N) is 5. The number of likely N-dealkylation sites (tertiary alicyclic amines) is 1. The lowest BCUT2D eigenvalue weighted by atomic mass is 9.97. The summed E-state index contributed by atoms with van der Waals surface area (Å²) in [4.78, 5) is 35.0. The molecule has 5 rings (SSSR count). The van der Waals surface area contributed by atoms with Crippen LogP contribution in [0.2, 0.25) is 0 Å². The van der Waals surface area contributed by atoms with Crippen LogP contribution in [-0.4, -0.2) is 56.0 Å². The van der Waals surface area contributed by atoms with E-state index >= 15 is 0 Å². The number of para-hydroxylation sites is 2. The summed E-state index contributed by atoms with van der Waals surface area (Å²) < 4.78 is 7.23. The number of hydrogen-bond acceptors (Lipinski definition) is 6. The molecule has 0 spiro atoms. The van der Waals surface area contributed by atoms with Gasteiger partial charge >= 0.3 is 0 Å². The Morgan fingerprint density at radius 2 is 2.14 bits per heavy atom. The molecule has 0 bridgehead atoms. The van der Waals surface area contributed by atoms with Crippen molar-refractivity contribution in [2.24, 2.45) is 0 Å². The molecule has 2 aliphatic heterocycles. The second-order valence-corrected chi connectivity index (χ2v) is 7.33. The fourth-order valence-corrected chi connectivity index (χ4v) is 3.79. The Morgan fingerprint density at radius 3 is 3.00 bits per heavy atom. The van der Waals surface area contributed by atoms with Crippen LogP contribution < -0.4 is 5.32 Å². The lowest BCUT2D eigenvalue weighted by Crippen LogP contribution is -2.49. The monoisotopic (exact) mass is 380 g/mol. The normalized spacial score (nSPS) is 20.2. The second-order valence-electron chi connectivity index (χ2n) is 7.33. The van der Waals surface area contributed by atoms with Crippen LogP contribution in [0.1, 0.15) is 36.4 Å². The minimum Gasteiger partial charge on any atom is -0.355 e. The topological polar surface area (TPSA) is 106 Å². The highest BCUT2D eigenvalue weighted by atomic mass is 16.5. The zero-order chi connectivity index (χ0) is 19.1. The first kappa shape index (κ1) is 16.9. The molecule has 1 atom stereocenters. The fraction of sp³-hybridized carbons (Fsp3) is 0.421. The predicted octanol–water partition coefficient (Wildman–Crippen LogP) is 1.04. The fourth-order valence-electron chi connectivity index (χ4n) is 3.79. The standard InChI is InChI=1S/C19H20N6O3/c26-16(10-25-11-21-14-5-1-2-6-15(14)25)24-8-12(9-24)19-22-17(23-28-19)13-4-3-7-20-18(13)27/h1-2,5-6,11-13H,3-4,7-10H2,(H,20,27). The lowest BCUT2D eigenvalue weighted by Gasteiger charge is -2.37. The third-order valence-electron chi connectivity index (χ3n) is 5.47. The van der Waals surface area contributed by atoms with Gasteiger partial charge in [0.1, 0.15) is 12.5 Å². The number of imidazole rings is 1. The number of carbonyl (C=O) groups excluding carboxylic acids is 2.